The summed E-state index contributed by atoms with van der Waals surface area (Å²) in [6.07, 6.45) is 3.77. The van der Waals surface area contributed by atoms with Crippen LogP contribution >= 0.6 is 0 Å². The predicted molar refractivity (Wildman–Crippen MR) is 66.9 cm³/mol. The van der Waals surface area contributed by atoms with Gasteiger partial charge in [-0.3, -0.25) is 0 Å². The Morgan fingerprint density at radius 3 is 2.33 bits per heavy atom. The van der Waals surface area contributed by atoms with Gasteiger partial charge in [-0.05, 0) is 30.4 Å². The molecule has 0 aliphatic carbocycles. The number of rotatable bonds is 6. The molecule has 1 aromatic carbocycles. The number of benzene rings is 1. The van der Waals surface area contributed by atoms with Crippen molar-refractivity contribution in [3.63, 3.8) is 0 Å². The van der Waals surface area contributed by atoms with Gasteiger partial charge in [0, 0.05) is 0 Å². The Morgan fingerprint density at radius 1 is 1.13 bits per heavy atom. The third-order valence-corrected chi connectivity index (χ3v) is 3.26. The lowest BCUT2D eigenvalue weighted by molar-refractivity contribution is 0.461. The fourth-order valence-corrected chi connectivity index (χ4v) is 1.84. The van der Waals surface area contributed by atoms with E-state index in [1.165, 1.54) is 24.8 Å². The van der Waals surface area contributed by atoms with Gasteiger partial charge in [0.1, 0.15) is 0 Å². The van der Waals surface area contributed by atoms with Crippen LogP contribution in [0.25, 0.3) is 0 Å². The molecule has 0 spiro atoms. The maximum atomic E-state index is 5.83. The summed E-state index contributed by atoms with van der Waals surface area (Å²) >= 11 is 0. The third kappa shape index (κ3) is 4.05. The summed E-state index contributed by atoms with van der Waals surface area (Å²) in [5, 5.41) is 0. The lowest BCUT2D eigenvalue weighted by Gasteiger charge is -2.17. The molecule has 2 N–H and O–H groups in total. The standard InChI is InChI=1S/C14H23N/c1-3-12(2)9-10-14(11-15)13-7-5-4-6-8-13/h4-8,12,14H,3,9-11,15H2,1-2H3. The summed E-state index contributed by atoms with van der Waals surface area (Å²) in [5.74, 6) is 1.36. The quantitative estimate of drug-likeness (QED) is 0.755. The van der Waals surface area contributed by atoms with Crippen LogP contribution in [-0.2, 0) is 0 Å². The highest BCUT2D eigenvalue weighted by molar-refractivity contribution is 5.19. The van der Waals surface area contributed by atoms with Crippen LogP contribution in [0.15, 0.2) is 30.3 Å². The highest BCUT2D eigenvalue weighted by Crippen LogP contribution is 2.23. The molecule has 0 aliphatic rings. The zero-order valence-electron chi connectivity index (χ0n) is 9.95. The zero-order chi connectivity index (χ0) is 11.1. The van der Waals surface area contributed by atoms with E-state index < -0.39 is 0 Å². The minimum Gasteiger partial charge on any atom is -0.330 e. The molecular weight excluding hydrogens is 182 g/mol. The second kappa shape index (κ2) is 6.62. The molecule has 0 heterocycles. The van der Waals surface area contributed by atoms with Crippen molar-refractivity contribution in [3.8, 4) is 0 Å². The zero-order valence-corrected chi connectivity index (χ0v) is 9.95. The van der Waals surface area contributed by atoms with E-state index in [4.69, 9.17) is 5.73 Å². The maximum Gasteiger partial charge on any atom is -0.000824 e. The van der Waals surface area contributed by atoms with E-state index in [1.807, 2.05) is 0 Å². The van der Waals surface area contributed by atoms with E-state index in [0.717, 1.165) is 12.5 Å². The second-order valence-electron chi connectivity index (χ2n) is 4.43. The van der Waals surface area contributed by atoms with Crippen molar-refractivity contribution in [2.45, 2.75) is 39.0 Å². The van der Waals surface area contributed by atoms with Crippen molar-refractivity contribution in [1.82, 2.24) is 0 Å². The van der Waals surface area contributed by atoms with Crippen LogP contribution in [0.1, 0.15) is 44.6 Å². The third-order valence-electron chi connectivity index (χ3n) is 3.26. The molecule has 1 aromatic rings. The molecule has 1 rings (SSSR count). The first kappa shape index (κ1) is 12.3. The Kier molecular flexibility index (Phi) is 5.41. The van der Waals surface area contributed by atoms with Crippen LogP contribution in [0.3, 0.4) is 0 Å². The Bertz CT molecular complexity index is 255. The fourth-order valence-electron chi connectivity index (χ4n) is 1.84. The highest BCUT2D eigenvalue weighted by atomic mass is 14.5. The van der Waals surface area contributed by atoms with Crippen LogP contribution < -0.4 is 5.73 Å². The summed E-state index contributed by atoms with van der Waals surface area (Å²) in [4.78, 5) is 0. The minimum atomic E-state index is 0.542. The van der Waals surface area contributed by atoms with Gasteiger partial charge < -0.3 is 5.73 Å². The molecule has 0 aromatic heterocycles. The van der Waals surface area contributed by atoms with Crippen LogP contribution in [0.5, 0.6) is 0 Å². The molecule has 15 heavy (non-hydrogen) atoms. The average Bonchev–Trinajstić information content (AvgIpc) is 2.31. The van der Waals surface area contributed by atoms with Crippen LogP contribution in [-0.4, -0.2) is 6.54 Å². The topological polar surface area (TPSA) is 26.0 Å². The average molecular weight is 205 g/mol. The first-order valence-corrected chi connectivity index (χ1v) is 6.03. The number of nitrogens with two attached hydrogens (primary N) is 1. The van der Waals surface area contributed by atoms with Crippen LogP contribution in [0.4, 0.5) is 0 Å². The number of hydrogen-bond acceptors (Lipinski definition) is 1. The van der Waals surface area contributed by atoms with Gasteiger partial charge in [0.2, 0.25) is 0 Å². The summed E-state index contributed by atoms with van der Waals surface area (Å²) in [6, 6.07) is 10.6. The Balaban J connectivity index is 2.50. The van der Waals surface area contributed by atoms with Gasteiger partial charge in [-0.15, -0.1) is 0 Å². The maximum absolute atomic E-state index is 5.83. The molecule has 0 fully saturated rings. The molecule has 0 bridgehead atoms. The summed E-state index contributed by atoms with van der Waals surface area (Å²) in [7, 11) is 0. The van der Waals surface area contributed by atoms with E-state index in [2.05, 4.69) is 44.2 Å². The van der Waals surface area contributed by atoms with Crippen LogP contribution in [0, 0.1) is 5.92 Å². The minimum absolute atomic E-state index is 0.542. The van der Waals surface area contributed by atoms with Crippen molar-refractivity contribution >= 4 is 0 Å². The van der Waals surface area contributed by atoms with Gasteiger partial charge in [0.15, 0.2) is 0 Å². The first-order valence-electron chi connectivity index (χ1n) is 6.03. The van der Waals surface area contributed by atoms with Crippen molar-refractivity contribution in [2.24, 2.45) is 11.7 Å². The molecule has 0 amide bonds. The van der Waals surface area contributed by atoms with E-state index in [-0.39, 0.29) is 0 Å². The summed E-state index contributed by atoms with van der Waals surface area (Å²) in [6.45, 7) is 5.34. The van der Waals surface area contributed by atoms with E-state index in [1.54, 1.807) is 0 Å². The van der Waals surface area contributed by atoms with Crippen molar-refractivity contribution < 1.29 is 0 Å². The van der Waals surface area contributed by atoms with Crippen molar-refractivity contribution in [1.29, 1.82) is 0 Å². The van der Waals surface area contributed by atoms with Gasteiger partial charge in [-0.2, -0.15) is 0 Å². The monoisotopic (exact) mass is 205 g/mol. The molecule has 0 saturated heterocycles. The first-order chi connectivity index (χ1) is 7.27. The highest BCUT2D eigenvalue weighted by Gasteiger charge is 2.10. The SMILES string of the molecule is CCC(C)CCC(CN)c1ccccc1. The smallest absolute Gasteiger partial charge is 0.000824 e. The summed E-state index contributed by atoms with van der Waals surface area (Å²) < 4.78 is 0. The van der Waals surface area contributed by atoms with Crippen LogP contribution in [0.2, 0.25) is 0 Å². The molecule has 2 atom stereocenters. The summed E-state index contributed by atoms with van der Waals surface area (Å²) in [5.41, 5.74) is 7.22. The number of hydrogen-bond donors (Lipinski definition) is 1. The molecule has 1 nitrogen and oxygen atoms in total. The molecule has 1 heteroatoms. The van der Waals surface area contributed by atoms with E-state index >= 15 is 0 Å². The van der Waals surface area contributed by atoms with Gasteiger partial charge in [-0.1, -0.05) is 57.0 Å². The molecule has 2 unspecified atom stereocenters. The van der Waals surface area contributed by atoms with Gasteiger partial charge >= 0.3 is 0 Å². The Hall–Kier alpha value is -0.820. The Morgan fingerprint density at radius 2 is 1.80 bits per heavy atom. The lowest BCUT2D eigenvalue weighted by Crippen LogP contribution is -2.13. The van der Waals surface area contributed by atoms with Gasteiger partial charge in [0.25, 0.3) is 0 Å². The second-order valence-corrected chi connectivity index (χ2v) is 4.43. The fraction of sp³-hybridized carbons (Fsp3) is 0.571. The molecule has 0 saturated carbocycles. The molecule has 0 aliphatic heterocycles. The van der Waals surface area contributed by atoms with Crippen molar-refractivity contribution in [2.75, 3.05) is 6.54 Å². The predicted octanol–water partition coefficient (Wildman–Crippen LogP) is 3.56. The molecule has 84 valence electrons. The normalized spacial score (nSPS) is 14.9. The van der Waals surface area contributed by atoms with E-state index in [9.17, 15) is 0 Å². The van der Waals surface area contributed by atoms with Gasteiger partial charge in [-0.25, -0.2) is 0 Å². The molecular formula is C14H23N. The van der Waals surface area contributed by atoms with E-state index in [0.29, 0.717) is 5.92 Å². The van der Waals surface area contributed by atoms with Gasteiger partial charge in [0.05, 0.1) is 0 Å². The van der Waals surface area contributed by atoms with Crippen molar-refractivity contribution in [3.05, 3.63) is 35.9 Å². The largest absolute Gasteiger partial charge is 0.330 e. The Labute approximate surface area is 93.7 Å². The molecule has 0 radical (unpaired) electrons. The lowest BCUT2D eigenvalue weighted by atomic mass is 9.90.